The first-order chi connectivity index (χ1) is 19.8. The third-order valence-corrected chi connectivity index (χ3v) is 11.2. The first-order valence-electron chi connectivity index (χ1n) is 13.4. The number of ether oxygens (including phenoxy) is 1. The van der Waals surface area contributed by atoms with Crippen LogP contribution in [0.25, 0.3) is 0 Å². The van der Waals surface area contributed by atoms with Gasteiger partial charge in [0.15, 0.2) is 0 Å². The maximum atomic E-state index is 13.7. The second-order valence-electron chi connectivity index (χ2n) is 10.5. The highest BCUT2D eigenvalue weighted by molar-refractivity contribution is 7.89. The number of carbonyl (C=O) groups is 1. The molecule has 1 fully saturated rings. The first kappa shape index (κ1) is 31.1. The number of rotatable bonds is 7. The Balaban J connectivity index is 1.81. The molecule has 0 aliphatic carbocycles. The number of sulfonamides is 1. The lowest BCUT2D eigenvalue weighted by Gasteiger charge is -2.44. The van der Waals surface area contributed by atoms with Crippen molar-refractivity contribution >= 4 is 67.6 Å². The molecule has 2 heterocycles. The standard InChI is InChI=1S/C30H29Cl4N3O4S/c1-4-41-25-18-24(33)26(42(39,40)36-15-5-6-16-36)17-23(25)27-35-29(2,19-7-11-21(31)12-8-19)30(3,37(27)28(34)38)20-9-13-22(32)14-10-20/h7-14,17-18H,4-6,15-16H2,1-3H3/t29-,30+/m0/s1. The van der Waals surface area contributed by atoms with Crippen molar-refractivity contribution in [2.75, 3.05) is 19.7 Å². The average Bonchev–Trinajstić information content (AvgIpc) is 3.57. The van der Waals surface area contributed by atoms with Gasteiger partial charge in [0.05, 0.1) is 17.2 Å². The fraction of sp³-hybridized carbons (Fsp3) is 0.333. The summed E-state index contributed by atoms with van der Waals surface area (Å²) in [6.07, 6.45) is 1.53. The van der Waals surface area contributed by atoms with Crippen molar-refractivity contribution in [1.82, 2.24) is 9.21 Å². The molecule has 12 heteroatoms. The second-order valence-corrected chi connectivity index (χ2v) is 14.0. The number of amidine groups is 1. The predicted molar refractivity (Wildman–Crippen MR) is 168 cm³/mol. The average molecular weight is 669 g/mol. The van der Waals surface area contributed by atoms with Gasteiger partial charge in [0, 0.05) is 29.2 Å². The van der Waals surface area contributed by atoms with Gasteiger partial charge < -0.3 is 4.74 Å². The molecule has 5 rings (SSSR count). The molecular formula is C30H29Cl4N3O4S. The van der Waals surface area contributed by atoms with Gasteiger partial charge in [0.2, 0.25) is 10.0 Å². The minimum Gasteiger partial charge on any atom is -0.493 e. The molecule has 0 unspecified atom stereocenters. The quantitative estimate of drug-likeness (QED) is 0.188. The first-order valence-corrected chi connectivity index (χ1v) is 16.4. The monoisotopic (exact) mass is 667 g/mol. The van der Waals surface area contributed by atoms with Gasteiger partial charge in [-0.25, -0.2) is 8.42 Å². The number of aliphatic imine (C=N–C) groups is 1. The molecule has 2 atom stereocenters. The van der Waals surface area contributed by atoms with Gasteiger partial charge in [-0.15, -0.1) is 0 Å². The minimum atomic E-state index is -3.94. The van der Waals surface area contributed by atoms with Crippen molar-refractivity contribution in [2.45, 2.75) is 49.6 Å². The Bertz CT molecular complexity index is 1660. The van der Waals surface area contributed by atoms with Gasteiger partial charge in [-0.1, -0.05) is 59.1 Å². The molecule has 2 aliphatic rings. The summed E-state index contributed by atoms with van der Waals surface area (Å²) in [5, 5.41) is 0.255. The van der Waals surface area contributed by atoms with Crippen LogP contribution in [-0.4, -0.2) is 48.5 Å². The summed E-state index contributed by atoms with van der Waals surface area (Å²) in [4.78, 5) is 19.9. The smallest absolute Gasteiger partial charge is 0.322 e. The Morgan fingerprint density at radius 3 is 2.00 bits per heavy atom. The molecule has 3 aromatic rings. The summed E-state index contributed by atoms with van der Waals surface area (Å²) >= 11 is 25.4. The van der Waals surface area contributed by atoms with Crippen LogP contribution in [0.15, 0.2) is 70.6 Å². The Morgan fingerprint density at radius 2 is 1.48 bits per heavy atom. The molecular weight excluding hydrogens is 640 g/mol. The van der Waals surface area contributed by atoms with Crippen LogP contribution < -0.4 is 4.74 Å². The van der Waals surface area contributed by atoms with Crippen LogP contribution in [-0.2, 0) is 21.1 Å². The molecule has 7 nitrogen and oxygen atoms in total. The zero-order chi connectivity index (χ0) is 30.4. The van der Waals surface area contributed by atoms with Crippen LogP contribution in [0.4, 0.5) is 4.79 Å². The topological polar surface area (TPSA) is 79.3 Å². The largest absolute Gasteiger partial charge is 0.493 e. The van der Waals surface area contributed by atoms with E-state index in [1.807, 2.05) is 38.1 Å². The van der Waals surface area contributed by atoms with E-state index in [2.05, 4.69) is 0 Å². The van der Waals surface area contributed by atoms with Crippen molar-refractivity contribution in [1.29, 1.82) is 0 Å². The van der Waals surface area contributed by atoms with Crippen LogP contribution in [0.5, 0.6) is 5.75 Å². The highest BCUT2D eigenvalue weighted by atomic mass is 35.5. The Kier molecular flexibility index (Phi) is 8.62. The van der Waals surface area contributed by atoms with Gasteiger partial charge in [-0.2, -0.15) is 4.31 Å². The van der Waals surface area contributed by atoms with Crippen molar-refractivity contribution in [3.05, 3.63) is 92.4 Å². The van der Waals surface area contributed by atoms with Crippen molar-refractivity contribution in [3.63, 3.8) is 0 Å². The Hall–Kier alpha value is -2.33. The highest BCUT2D eigenvalue weighted by Gasteiger charge is 2.59. The van der Waals surface area contributed by atoms with E-state index in [0.29, 0.717) is 28.7 Å². The van der Waals surface area contributed by atoms with E-state index < -0.39 is 26.5 Å². The Labute approximate surface area is 266 Å². The number of carbonyl (C=O) groups excluding carboxylic acids is 1. The fourth-order valence-electron chi connectivity index (χ4n) is 5.79. The van der Waals surface area contributed by atoms with Gasteiger partial charge in [-0.3, -0.25) is 14.7 Å². The maximum absolute atomic E-state index is 13.7. The number of hydrogen-bond donors (Lipinski definition) is 0. The molecule has 0 N–H and O–H groups in total. The zero-order valence-corrected chi connectivity index (χ0v) is 27.0. The number of hydrogen-bond acceptors (Lipinski definition) is 5. The predicted octanol–water partition coefficient (Wildman–Crippen LogP) is 8.08. The molecule has 0 radical (unpaired) electrons. The molecule has 222 valence electrons. The van der Waals surface area contributed by atoms with Crippen molar-refractivity contribution < 1.29 is 17.9 Å². The third-order valence-electron chi connectivity index (χ3n) is 8.18. The summed E-state index contributed by atoms with van der Waals surface area (Å²) < 4.78 is 34.7. The van der Waals surface area contributed by atoms with Crippen molar-refractivity contribution in [3.8, 4) is 5.75 Å². The highest BCUT2D eigenvalue weighted by Crippen LogP contribution is 2.54. The third kappa shape index (κ3) is 5.10. The molecule has 42 heavy (non-hydrogen) atoms. The van der Waals surface area contributed by atoms with Crippen LogP contribution in [0, 0.1) is 0 Å². The van der Waals surface area contributed by atoms with E-state index in [1.54, 1.807) is 31.2 Å². The molecule has 0 spiro atoms. The maximum Gasteiger partial charge on any atom is 0.322 e. The van der Waals surface area contributed by atoms with Crippen LogP contribution in [0.2, 0.25) is 15.1 Å². The zero-order valence-electron chi connectivity index (χ0n) is 23.2. The lowest BCUT2D eigenvalue weighted by Crippen LogP contribution is -2.53. The van der Waals surface area contributed by atoms with E-state index in [0.717, 1.165) is 18.4 Å². The Morgan fingerprint density at radius 1 is 0.929 bits per heavy atom. The molecule has 1 saturated heterocycles. The molecule has 0 bridgehead atoms. The molecule has 0 saturated carbocycles. The van der Waals surface area contributed by atoms with Crippen molar-refractivity contribution in [2.24, 2.45) is 4.99 Å². The van der Waals surface area contributed by atoms with E-state index in [9.17, 15) is 13.2 Å². The van der Waals surface area contributed by atoms with Gasteiger partial charge >= 0.3 is 5.37 Å². The SMILES string of the molecule is CCOc1cc(Cl)c(S(=O)(=O)N2CCCC2)cc1C1=N[C@@](C)(c2ccc(Cl)cc2)[C@@](C)(c2ccc(Cl)cc2)N1C(=O)Cl. The normalized spacial score (nSPS) is 22.8. The van der Waals surface area contributed by atoms with Gasteiger partial charge in [0.25, 0.3) is 0 Å². The van der Waals surface area contributed by atoms with E-state index in [-0.39, 0.29) is 33.7 Å². The van der Waals surface area contributed by atoms with Crippen LogP contribution in [0.3, 0.4) is 0 Å². The van der Waals surface area contributed by atoms with Crippen LogP contribution >= 0.6 is 46.4 Å². The van der Waals surface area contributed by atoms with Crippen LogP contribution in [0.1, 0.15) is 50.3 Å². The number of benzene rings is 3. The summed E-state index contributed by atoms with van der Waals surface area (Å²) in [7, 11) is -3.94. The summed E-state index contributed by atoms with van der Waals surface area (Å²) in [5.41, 5.74) is -0.599. The molecule has 2 aliphatic heterocycles. The van der Waals surface area contributed by atoms with E-state index >= 15 is 0 Å². The number of nitrogens with zero attached hydrogens (tertiary/aromatic N) is 3. The molecule has 0 aromatic heterocycles. The lowest BCUT2D eigenvalue weighted by molar-refractivity contribution is 0.149. The van der Waals surface area contributed by atoms with E-state index in [1.165, 1.54) is 21.3 Å². The number of amides is 1. The molecule has 1 amide bonds. The molecule has 3 aromatic carbocycles. The minimum absolute atomic E-state index is 0.0115. The van der Waals surface area contributed by atoms with Gasteiger partial charge in [-0.05, 0) is 86.7 Å². The summed E-state index contributed by atoms with van der Waals surface area (Å²) in [6, 6.07) is 17.2. The summed E-state index contributed by atoms with van der Waals surface area (Å²) in [5.74, 6) is 0.409. The second kappa shape index (κ2) is 11.6. The lowest BCUT2D eigenvalue weighted by atomic mass is 9.71. The van der Waals surface area contributed by atoms with E-state index in [4.69, 9.17) is 56.1 Å². The fourth-order valence-corrected chi connectivity index (χ4v) is 8.33. The number of halogens is 4. The van der Waals surface area contributed by atoms with Gasteiger partial charge in [0.1, 0.15) is 27.6 Å². The summed E-state index contributed by atoms with van der Waals surface area (Å²) in [6.45, 7) is 6.60.